The van der Waals surface area contributed by atoms with Gasteiger partial charge in [-0.15, -0.1) is 0 Å². The maximum Gasteiger partial charge on any atom is 0.340 e. The number of ether oxygens (including phenoxy) is 2. The molecule has 0 unspecified atom stereocenters. The van der Waals surface area contributed by atoms with Gasteiger partial charge in [-0.25, -0.2) is 4.79 Å². The fourth-order valence-electron chi connectivity index (χ4n) is 4.25. The van der Waals surface area contributed by atoms with Crippen molar-refractivity contribution in [2.45, 2.75) is 68.5 Å². The first-order valence-electron chi connectivity index (χ1n) is 9.76. The zero-order valence-electron chi connectivity index (χ0n) is 16.4. The van der Waals surface area contributed by atoms with E-state index >= 15 is 0 Å². The van der Waals surface area contributed by atoms with E-state index in [0.29, 0.717) is 23.7 Å². The summed E-state index contributed by atoms with van der Waals surface area (Å²) in [6, 6.07) is 6.50. The van der Waals surface area contributed by atoms with Gasteiger partial charge in [0.2, 0.25) is 11.8 Å². The number of aliphatic hydroxyl groups is 4. The third-order valence-corrected chi connectivity index (χ3v) is 5.84. The number of carbonyl (C=O) groups excluding carboxylic acids is 1. The van der Waals surface area contributed by atoms with Crippen molar-refractivity contribution in [3.8, 4) is 5.75 Å². The molecule has 0 spiro atoms. The van der Waals surface area contributed by atoms with Crippen molar-refractivity contribution >= 4 is 16.9 Å². The van der Waals surface area contributed by atoms with E-state index in [1.54, 1.807) is 24.3 Å². The average molecular weight is 424 g/mol. The number of fused-ring (bicyclic) bond motifs is 1. The van der Waals surface area contributed by atoms with Crippen LogP contribution in [-0.2, 0) is 20.0 Å². The lowest BCUT2D eigenvalue weighted by Crippen LogP contribution is -2.68. The van der Waals surface area contributed by atoms with Gasteiger partial charge in [0, 0.05) is 11.6 Å². The number of hydrogen-bond donors (Lipinski definition) is 6. The predicted molar refractivity (Wildman–Crippen MR) is 105 cm³/mol. The van der Waals surface area contributed by atoms with Crippen molar-refractivity contribution in [2.75, 3.05) is 0 Å². The molecule has 2 aliphatic rings. The molecule has 2 heterocycles. The van der Waals surface area contributed by atoms with Crippen LogP contribution in [0.1, 0.15) is 32.1 Å². The zero-order valence-corrected chi connectivity index (χ0v) is 16.4. The number of aromatic nitrogens is 1. The van der Waals surface area contributed by atoms with Crippen molar-refractivity contribution in [3.63, 3.8) is 0 Å². The van der Waals surface area contributed by atoms with Crippen molar-refractivity contribution in [2.24, 2.45) is 0 Å². The molecule has 166 valence electrons. The SMILES string of the molecule is N.O=C(OC1CCCCC1)[C@H]1O[C@@H](O)[C@H](O)[C@@H](O)[C@@]1(O)n1cc(O)c2ccccc21. The predicted octanol–water partition coefficient (Wildman–Crippen LogP) is 0.469. The van der Waals surface area contributed by atoms with Gasteiger partial charge < -0.3 is 45.7 Å². The van der Waals surface area contributed by atoms with Crippen LogP contribution in [0, 0.1) is 0 Å². The Labute approximate surface area is 172 Å². The minimum absolute atomic E-state index is 0. The molecule has 1 aromatic carbocycles. The van der Waals surface area contributed by atoms with Crippen LogP contribution in [0.5, 0.6) is 5.75 Å². The van der Waals surface area contributed by atoms with E-state index in [1.165, 1.54) is 0 Å². The van der Waals surface area contributed by atoms with Gasteiger partial charge >= 0.3 is 5.97 Å². The minimum Gasteiger partial charge on any atom is -0.506 e. The second-order valence-electron chi connectivity index (χ2n) is 7.72. The first-order chi connectivity index (χ1) is 13.8. The summed E-state index contributed by atoms with van der Waals surface area (Å²) in [5.74, 6) is -1.15. The molecule has 0 amide bonds. The van der Waals surface area contributed by atoms with Crippen molar-refractivity contribution in [3.05, 3.63) is 30.5 Å². The minimum atomic E-state index is -2.52. The molecule has 10 nitrogen and oxygen atoms in total. The molecule has 2 aromatic rings. The second kappa shape index (κ2) is 8.50. The standard InChI is InChI=1S/C20H25NO8.H3N/c22-14-10-21(13-9-5-4-8-12(13)14)20(27)16(24)15(23)18(25)29-17(20)19(26)28-11-6-2-1-3-7-11;/h4-5,8-11,15-18,22-25,27H,1-3,6-7H2;1H3/t15-,16-,17-,18-,20+;/m1./s1. The Morgan fingerprint density at radius 1 is 1.13 bits per heavy atom. The third kappa shape index (κ3) is 3.55. The summed E-state index contributed by atoms with van der Waals surface area (Å²) < 4.78 is 11.8. The van der Waals surface area contributed by atoms with Crippen LogP contribution in [-0.4, -0.2) is 66.8 Å². The molecule has 1 saturated carbocycles. The van der Waals surface area contributed by atoms with Crippen LogP contribution in [0.25, 0.3) is 10.9 Å². The molecule has 8 N–H and O–H groups in total. The van der Waals surface area contributed by atoms with Crippen molar-refractivity contribution in [1.82, 2.24) is 10.7 Å². The Morgan fingerprint density at radius 3 is 2.50 bits per heavy atom. The van der Waals surface area contributed by atoms with Crippen LogP contribution in [0.2, 0.25) is 0 Å². The first-order valence-corrected chi connectivity index (χ1v) is 9.76. The van der Waals surface area contributed by atoms with E-state index in [4.69, 9.17) is 9.47 Å². The number of rotatable bonds is 3. The maximum atomic E-state index is 12.9. The van der Waals surface area contributed by atoms with E-state index in [0.717, 1.165) is 30.0 Å². The smallest absolute Gasteiger partial charge is 0.340 e. The van der Waals surface area contributed by atoms with E-state index < -0.39 is 36.3 Å². The number of benzene rings is 1. The van der Waals surface area contributed by atoms with Gasteiger partial charge in [-0.05, 0) is 37.8 Å². The number of carbonyl (C=O) groups is 1. The summed E-state index contributed by atoms with van der Waals surface area (Å²) in [4.78, 5) is 12.9. The molecule has 1 aromatic heterocycles. The molecule has 1 aliphatic carbocycles. The van der Waals surface area contributed by atoms with E-state index in [9.17, 15) is 30.3 Å². The molecular formula is C20H28N2O8. The summed E-state index contributed by atoms with van der Waals surface area (Å²) in [5, 5.41) is 52.8. The van der Waals surface area contributed by atoms with Crippen molar-refractivity contribution < 1.29 is 39.8 Å². The molecule has 10 heteroatoms. The highest BCUT2D eigenvalue weighted by Crippen LogP contribution is 2.40. The molecule has 5 atom stereocenters. The van der Waals surface area contributed by atoms with Gasteiger partial charge in [0.15, 0.2) is 6.29 Å². The molecule has 1 saturated heterocycles. The Balaban J connectivity index is 0.00000256. The second-order valence-corrected chi connectivity index (χ2v) is 7.72. The van der Waals surface area contributed by atoms with Gasteiger partial charge in [-0.2, -0.15) is 0 Å². The number of nitrogens with zero attached hydrogens (tertiary/aromatic N) is 1. The highest BCUT2D eigenvalue weighted by Gasteiger charge is 2.60. The van der Waals surface area contributed by atoms with Crippen LogP contribution >= 0.6 is 0 Å². The molecular weight excluding hydrogens is 396 g/mol. The molecule has 1 aliphatic heterocycles. The van der Waals surface area contributed by atoms with Crippen molar-refractivity contribution in [1.29, 1.82) is 0 Å². The molecule has 0 bridgehead atoms. The fourth-order valence-corrected chi connectivity index (χ4v) is 4.25. The van der Waals surface area contributed by atoms with E-state index in [-0.39, 0.29) is 18.0 Å². The molecule has 0 radical (unpaired) electrons. The molecule has 4 rings (SSSR count). The average Bonchev–Trinajstić information content (AvgIpc) is 3.07. The van der Waals surface area contributed by atoms with Gasteiger partial charge in [0.05, 0.1) is 5.52 Å². The normalized spacial score (nSPS) is 32.5. The number of aliphatic hydroxyl groups excluding tert-OH is 3. The Bertz CT molecular complexity index is 896. The summed E-state index contributed by atoms with van der Waals surface area (Å²) in [6.07, 6.45) is -2.58. The van der Waals surface area contributed by atoms with Gasteiger partial charge in [-0.3, -0.25) is 0 Å². The number of hydrogen-bond acceptors (Lipinski definition) is 9. The van der Waals surface area contributed by atoms with Crippen LogP contribution in [0.15, 0.2) is 30.5 Å². The fraction of sp³-hybridized carbons (Fsp3) is 0.550. The summed E-state index contributed by atoms with van der Waals surface area (Å²) >= 11 is 0. The van der Waals surface area contributed by atoms with Gasteiger partial charge in [0.1, 0.15) is 24.1 Å². The molecule has 30 heavy (non-hydrogen) atoms. The molecule has 2 fully saturated rings. The number of para-hydroxylation sites is 1. The van der Waals surface area contributed by atoms with Crippen LogP contribution < -0.4 is 6.15 Å². The highest BCUT2D eigenvalue weighted by atomic mass is 16.7. The zero-order chi connectivity index (χ0) is 20.8. The van der Waals surface area contributed by atoms with Crippen LogP contribution in [0.3, 0.4) is 0 Å². The Morgan fingerprint density at radius 2 is 1.80 bits per heavy atom. The van der Waals surface area contributed by atoms with Gasteiger partial charge in [0.25, 0.3) is 0 Å². The van der Waals surface area contributed by atoms with Crippen LogP contribution in [0.4, 0.5) is 0 Å². The lowest BCUT2D eigenvalue weighted by Gasteiger charge is -2.46. The van der Waals surface area contributed by atoms with E-state index in [1.807, 2.05) is 0 Å². The van der Waals surface area contributed by atoms with E-state index in [2.05, 4.69) is 0 Å². The van der Waals surface area contributed by atoms with Gasteiger partial charge in [-0.1, -0.05) is 18.6 Å². The highest BCUT2D eigenvalue weighted by molar-refractivity contribution is 5.87. The summed E-state index contributed by atoms with van der Waals surface area (Å²) in [6.45, 7) is 0. The summed E-state index contributed by atoms with van der Waals surface area (Å²) in [7, 11) is 0. The summed E-state index contributed by atoms with van der Waals surface area (Å²) in [5.41, 5.74) is -2.22. The number of aromatic hydroxyl groups is 1. The topological polar surface area (TPSA) is 177 Å². The Hall–Kier alpha value is -2.21. The number of esters is 1. The third-order valence-electron chi connectivity index (χ3n) is 5.84. The Kier molecular flexibility index (Phi) is 6.37. The maximum absolute atomic E-state index is 12.9. The monoisotopic (exact) mass is 424 g/mol. The largest absolute Gasteiger partial charge is 0.506 e. The lowest BCUT2D eigenvalue weighted by molar-refractivity contribution is -0.337. The first kappa shape index (κ1) is 22.5. The quantitative estimate of drug-likeness (QED) is 0.382. The lowest BCUT2D eigenvalue weighted by atomic mass is 9.90.